The molecule has 0 aliphatic heterocycles. The Hall–Kier alpha value is -3.34. The minimum atomic E-state index is -3.93. The zero-order valence-corrected chi connectivity index (χ0v) is 15.3. The number of benzene rings is 2. The molecule has 0 bridgehead atoms. The lowest BCUT2D eigenvalue weighted by Gasteiger charge is -2.06. The Morgan fingerprint density at radius 1 is 1.30 bits per heavy atom. The van der Waals surface area contributed by atoms with Crippen molar-refractivity contribution in [3.05, 3.63) is 52.1 Å². The summed E-state index contributed by atoms with van der Waals surface area (Å²) in [6.07, 6.45) is 1.06. The largest absolute Gasteiger partial charge is 0.500 e. The van der Waals surface area contributed by atoms with E-state index in [4.69, 9.17) is 9.47 Å². The number of rotatable bonds is 8. The SMILES string of the molecule is CCOc1ccc(S(=O)(=O)N/N=C/c2cc(OC)c(O)c([N+](=O)[O-])c2)cc1. The Bertz CT molecular complexity index is 957. The predicted molar refractivity (Wildman–Crippen MR) is 96.8 cm³/mol. The average molecular weight is 395 g/mol. The number of nitrogens with zero attached hydrogens (tertiary/aromatic N) is 2. The van der Waals surface area contributed by atoms with E-state index in [0.29, 0.717) is 12.4 Å². The van der Waals surface area contributed by atoms with Crippen LogP contribution in [-0.4, -0.2) is 38.4 Å². The summed E-state index contributed by atoms with van der Waals surface area (Å²) in [6.45, 7) is 2.26. The number of hydrazone groups is 1. The summed E-state index contributed by atoms with van der Waals surface area (Å²) in [7, 11) is -2.70. The summed E-state index contributed by atoms with van der Waals surface area (Å²) in [5.74, 6) is -0.238. The first-order valence-electron chi connectivity index (χ1n) is 7.61. The lowest BCUT2D eigenvalue weighted by Crippen LogP contribution is -2.18. The van der Waals surface area contributed by atoms with Crippen LogP contribution in [0.2, 0.25) is 0 Å². The van der Waals surface area contributed by atoms with Gasteiger partial charge in [0, 0.05) is 11.6 Å². The fraction of sp³-hybridized carbons (Fsp3) is 0.188. The maximum Gasteiger partial charge on any atom is 0.315 e. The predicted octanol–water partition coefficient (Wildman–Crippen LogP) is 2.02. The molecular weight excluding hydrogens is 378 g/mol. The van der Waals surface area contributed by atoms with Gasteiger partial charge in [0.2, 0.25) is 5.75 Å². The van der Waals surface area contributed by atoms with Crippen LogP contribution in [-0.2, 0) is 10.0 Å². The van der Waals surface area contributed by atoms with Crippen molar-refractivity contribution in [1.29, 1.82) is 0 Å². The monoisotopic (exact) mass is 395 g/mol. The molecule has 11 heteroatoms. The fourth-order valence-electron chi connectivity index (χ4n) is 2.09. The molecule has 27 heavy (non-hydrogen) atoms. The number of hydrogen-bond donors (Lipinski definition) is 2. The number of phenols is 1. The van der Waals surface area contributed by atoms with Crippen molar-refractivity contribution in [3.63, 3.8) is 0 Å². The van der Waals surface area contributed by atoms with Crippen molar-refractivity contribution in [2.45, 2.75) is 11.8 Å². The van der Waals surface area contributed by atoms with Gasteiger partial charge in [0.1, 0.15) is 5.75 Å². The minimum Gasteiger partial charge on any atom is -0.500 e. The highest BCUT2D eigenvalue weighted by molar-refractivity contribution is 7.89. The molecular formula is C16H17N3O7S. The molecule has 2 N–H and O–H groups in total. The maximum absolute atomic E-state index is 12.2. The molecule has 0 unspecified atom stereocenters. The van der Waals surface area contributed by atoms with Gasteiger partial charge in [-0.1, -0.05) is 0 Å². The van der Waals surface area contributed by atoms with Crippen LogP contribution in [0.5, 0.6) is 17.2 Å². The highest BCUT2D eigenvalue weighted by Gasteiger charge is 2.19. The Labute approximate surface area is 155 Å². The first-order chi connectivity index (χ1) is 12.8. The van der Waals surface area contributed by atoms with E-state index in [2.05, 4.69) is 5.10 Å². The topological polar surface area (TPSA) is 140 Å². The second-order valence-electron chi connectivity index (χ2n) is 5.11. The number of nitro groups is 1. The van der Waals surface area contributed by atoms with Gasteiger partial charge >= 0.3 is 5.69 Å². The summed E-state index contributed by atoms with van der Waals surface area (Å²) in [6, 6.07) is 8.05. The molecule has 0 aromatic heterocycles. The van der Waals surface area contributed by atoms with Crippen LogP contribution >= 0.6 is 0 Å². The van der Waals surface area contributed by atoms with E-state index in [1.165, 1.54) is 37.4 Å². The highest BCUT2D eigenvalue weighted by atomic mass is 32.2. The molecule has 0 saturated carbocycles. The smallest absolute Gasteiger partial charge is 0.315 e. The second-order valence-corrected chi connectivity index (χ2v) is 6.77. The number of phenolic OH excluding ortho intramolecular Hbond substituents is 1. The molecule has 0 amide bonds. The van der Waals surface area contributed by atoms with Crippen molar-refractivity contribution in [2.24, 2.45) is 5.10 Å². The molecule has 0 saturated heterocycles. The van der Waals surface area contributed by atoms with Crippen LogP contribution in [0.15, 0.2) is 46.4 Å². The lowest BCUT2D eigenvalue weighted by molar-refractivity contribution is -0.386. The number of ether oxygens (including phenoxy) is 2. The minimum absolute atomic E-state index is 0.0302. The second kappa shape index (κ2) is 8.36. The zero-order chi connectivity index (χ0) is 20.0. The standard InChI is InChI=1S/C16H17N3O7S/c1-3-26-12-4-6-13(7-5-12)27(23,24)18-17-10-11-8-14(19(21)22)16(20)15(9-11)25-2/h4-10,18,20H,3H2,1-2H3/b17-10+. The van der Waals surface area contributed by atoms with E-state index < -0.39 is 26.4 Å². The van der Waals surface area contributed by atoms with Gasteiger partial charge < -0.3 is 14.6 Å². The van der Waals surface area contributed by atoms with Crippen molar-refractivity contribution < 1.29 is 27.9 Å². The fourth-order valence-corrected chi connectivity index (χ4v) is 2.88. The number of hydrogen-bond acceptors (Lipinski definition) is 8. The number of sulfonamides is 1. The molecule has 144 valence electrons. The van der Waals surface area contributed by atoms with Gasteiger partial charge in [-0.25, -0.2) is 4.83 Å². The van der Waals surface area contributed by atoms with E-state index in [0.717, 1.165) is 12.3 Å². The summed E-state index contributed by atoms with van der Waals surface area (Å²) in [4.78, 5) is 12.1. The molecule has 2 rings (SSSR count). The Morgan fingerprint density at radius 3 is 2.52 bits per heavy atom. The summed E-state index contributed by atoms with van der Waals surface area (Å²) in [5, 5.41) is 24.3. The van der Waals surface area contributed by atoms with Gasteiger partial charge in [0.05, 0.1) is 29.8 Å². The van der Waals surface area contributed by atoms with Crippen LogP contribution in [0, 0.1) is 10.1 Å². The molecule has 0 fully saturated rings. The first-order valence-corrected chi connectivity index (χ1v) is 9.10. The third kappa shape index (κ3) is 4.85. The molecule has 2 aromatic carbocycles. The van der Waals surface area contributed by atoms with Gasteiger partial charge in [0.15, 0.2) is 5.75 Å². The van der Waals surface area contributed by atoms with Crippen LogP contribution < -0.4 is 14.3 Å². The van der Waals surface area contributed by atoms with Gasteiger partial charge in [-0.05, 0) is 37.3 Å². The van der Waals surface area contributed by atoms with Crippen LogP contribution in [0.4, 0.5) is 5.69 Å². The molecule has 10 nitrogen and oxygen atoms in total. The third-order valence-corrected chi connectivity index (χ3v) is 4.56. The van der Waals surface area contributed by atoms with Crippen molar-refractivity contribution in [1.82, 2.24) is 4.83 Å². The number of nitrogens with one attached hydrogen (secondary N) is 1. The normalized spacial score (nSPS) is 11.3. The highest BCUT2D eigenvalue weighted by Crippen LogP contribution is 2.36. The zero-order valence-electron chi connectivity index (χ0n) is 14.4. The summed E-state index contributed by atoms with van der Waals surface area (Å²) < 4.78 is 34.5. The van der Waals surface area contributed by atoms with Crippen molar-refractivity contribution in [2.75, 3.05) is 13.7 Å². The van der Waals surface area contributed by atoms with Gasteiger partial charge in [-0.3, -0.25) is 10.1 Å². The Kier molecular flexibility index (Phi) is 6.19. The summed E-state index contributed by atoms with van der Waals surface area (Å²) in [5.41, 5.74) is -0.434. The van der Waals surface area contributed by atoms with E-state index in [9.17, 15) is 23.6 Å². The molecule has 0 aliphatic carbocycles. The third-order valence-electron chi connectivity index (χ3n) is 3.33. The Balaban J connectivity index is 2.20. The van der Waals surface area contributed by atoms with Crippen LogP contribution in [0.3, 0.4) is 0 Å². The molecule has 0 spiro atoms. The number of nitro benzene ring substituents is 1. The van der Waals surface area contributed by atoms with Crippen molar-refractivity contribution in [3.8, 4) is 17.2 Å². The number of aromatic hydroxyl groups is 1. The average Bonchev–Trinajstić information content (AvgIpc) is 2.63. The molecule has 0 aliphatic rings. The van der Waals surface area contributed by atoms with Crippen LogP contribution in [0.25, 0.3) is 0 Å². The van der Waals surface area contributed by atoms with E-state index in [-0.39, 0.29) is 16.2 Å². The molecule has 0 radical (unpaired) electrons. The van der Waals surface area contributed by atoms with Gasteiger partial charge in [-0.2, -0.15) is 13.5 Å². The molecule has 2 aromatic rings. The van der Waals surface area contributed by atoms with E-state index in [1.54, 1.807) is 0 Å². The lowest BCUT2D eigenvalue weighted by atomic mass is 10.2. The van der Waals surface area contributed by atoms with E-state index in [1.807, 2.05) is 11.8 Å². The maximum atomic E-state index is 12.2. The van der Waals surface area contributed by atoms with E-state index >= 15 is 0 Å². The first kappa shape index (κ1) is 20.0. The quantitative estimate of drug-likeness (QED) is 0.396. The van der Waals surface area contributed by atoms with Gasteiger partial charge in [-0.15, -0.1) is 0 Å². The molecule has 0 atom stereocenters. The summed E-state index contributed by atoms with van der Waals surface area (Å²) >= 11 is 0. The number of methoxy groups -OCH3 is 1. The molecule has 0 heterocycles. The van der Waals surface area contributed by atoms with Crippen molar-refractivity contribution >= 4 is 21.9 Å². The Morgan fingerprint density at radius 2 is 1.96 bits per heavy atom. The van der Waals surface area contributed by atoms with Gasteiger partial charge in [0.25, 0.3) is 10.0 Å². The van der Waals surface area contributed by atoms with Crippen LogP contribution in [0.1, 0.15) is 12.5 Å².